The summed E-state index contributed by atoms with van der Waals surface area (Å²) >= 11 is 0. The van der Waals surface area contributed by atoms with Gasteiger partial charge in [-0.25, -0.2) is 17.6 Å². The Balaban J connectivity index is 3.05. The van der Waals surface area contributed by atoms with Gasteiger partial charge in [0, 0.05) is 0 Å². The summed E-state index contributed by atoms with van der Waals surface area (Å²) in [5.41, 5.74) is -0.380. The summed E-state index contributed by atoms with van der Waals surface area (Å²) in [7, 11) is 0. The molecule has 0 atom stereocenters. The van der Waals surface area contributed by atoms with Crippen molar-refractivity contribution in [2.75, 3.05) is 0 Å². The molecule has 74 valence electrons. The second-order valence-corrected chi connectivity index (χ2v) is 2.81. The number of hydrogen-bond acceptors (Lipinski definition) is 1. The third kappa shape index (κ3) is 0.934. The van der Waals surface area contributed by atoms with E-state index in [0.29, 0.717) is 0 Å². The molecular weight excluding hydrogens is 200 g/mol. The number of aromatic amines is 1. The number of aromatic nitrogens is 2. The number of hydrogen-bond donors (Lipinski definition) is 1. The molecule has 0 amide bonds. The van der Waals surface area contributed by atoms with Crippen LogP contribution in [0.25, 0.3) is 10.9 Å². The fourth-order valence-electron chi connectivity index (χ4n) is 1.27. The van der Waals surface area contributed by atoms with Crippen LogP contribution in [0.1, 0.15) is 5.69 Å². The number of nitrogens with one attached hydrogen (secondary N) is 1. The van der Waals surface area contributed by atoms with E-state index < -0.39 is 28.8 Å². The molecule has 0 radical (unpaired) electrons. The molecule has 0 aliphatic rings. The van der Waals surface area contributed by atoms with Crippen LogP contribution in [-0.4, -0.2) is 10.2 Å². The Morgan fingerprint density at radius 3 is 2.14 bits per heavy atom. The molecule has 0 bridgehead atoms. The van der Waals surface area contributed by atoms with Gasteiger partial charge in [0.2, 0.25) is 0 Å². The molecule has 1 aromatic carbocycles. The maximum absolute atomic E-state index is 13.1. The van der Waals surface area contributed by atoms with Crippen LogP contribution < -0.4 is 0 Å². The van der Waals surface area contributed by atoms with Gasteiger partial charge >= 0.3 is 0 Å². The number of benzene rings is 1. The minimum atomic E-state index is -1.83. The van der Waals surface area contributed by atoms with E-state index in [0.717, 1.165) is 0 Å². The van der Waals surface area contributed by atoms with Crippen LogP contribution in [0.3, 0.4) is 0 Å². The van der Waals surface area contributed by atoms with Crippen molar-refractivity contribution < 1.29 is 17.6 Å². The van der Waals surface area contributed by atoms with Crippen LogP contribution in [0.15, 0.2) is 0 Å². The third-order valence-electron chi connectivity index (χ3n) is 1.96. The number of rotatable bonds is 0. The average Bonchev–Trinajstić information content (AvgIpc) is 2.54. The lowest BCUT2D eigenvalue weighted by Gasteiger charge is -1.99. The van der Waals surface area contributed by atoms with E-state index in [1.165, 1.54) is 6.92 Å². The lowest BCUT2D eigenvalue weighted by atomic mass is 10.2. The van der Waals surface area contributed by atoms with Gasteiger partial charge in [-0.1, -0.05) is 0 Å². The fourth-order valence-corrected chi connectivity index (χ4v) is 1.27. The molecule has 0 saturated heterocycles. The molecule has 0 fully saturated rings. The molecule has 0 saturated carbocycles. The number of halogens is 4. The Hall–Kier alpha value is -1.59. The van der Waals surface area contributed by atoms with Gasteiger partial charge in [-0.05, 0) is 6.92 Å². The molecule has 0 aliphatic heterocycles. The van der Waals surface area contributed by atoms with E-state index >= 15 is 0 Å². The first-order chi connectivity index (χ1) is 6.54. The maximum atomic E-state index is 13.1. The van der Waals surface area contributed by atoms with Crippen molar-refractivity contribution in [3.63, 3.8) is 0 Å². The zero-order valence-electron chi connectivity index (χ0n) is 6.96. The molecule has 14 heavy (non-hydrogen) atoms. The highest BCUT2D eigenvalue weighted by molar-refractivity contribution is 5.82. The van der Waals surface area contributed by atoms with Gasteiger partial charge in [-0.2, -0.15) is 5.10 Å². The number of H-pyrrole nitrogens is 1. The second kappa shape index (κ2) is 2.70. The normalized spacial score (nSPS) is 11.2. The molecule has 0 aliphatic carbocycles. The predicted octanol–water partition coefficient (Wildman–Crippen LogP) is 2.43. The molecular formula is C8H4F4N2. The van der Waals surface area contributed by atoms with E-state index in [1.807, 2.05) is 0 Å². The van der Waals surface area contributed by atoms with Crippen molar-refractivity contribution in [3.8, 4) is 0 Å². The summed E-state index contributed by atoms with van der Waals surface area (Å²) < 4.78 is 51.5. The summed E-state index contributed by atoms with van der Waals surface area (Å²) in [5.74, 6) is -6.54. The molecule has 2 nitrogen and oxygen atoms in total. The van der Waals surface area contributed by atoms with Gasteiger partial charge < -0.3 is 0 Å². The molecule has 1 heterocycles. The van der Waals surface area contributed by atoms with Crippen LogP contribution in [0.2, 0.25) is 0 Å². The van der Waals surface area contributed by atoms with Crippen molar-refractivity contribution >= 4 is 10.9 Å². The summed E-state index contributed by atoms with van der Waals surface area (Å²) in [6.07, 6.45) is 0. The molecule has 2 rings (SSSR count). The van der Waals surface area contributed by atoms with E-state index in [9.17, 15) is 17.6 Å². The Kier molecular flexibility index (Phi) is 1.73. The van der Waals surface area contributed by atoms with Crippen molar-refractivity contribution in [1.82, 2.24) is 10.2 Å². The Morgan fingerprint density at radius 2 is 1.50 bits per heavy atom. The first kappa shape index (κ1) is 8.98. The summed E-state index contributed by atoms with van der Waals surface area (Å²) in [6.45, 7) is 1.36. The van der Waals surface area contributed by atoms with E-state index in [4.69, 9.17) is 0 Å². The van der Waals surface area contributed by atoms with E-state index in [1.54, 1.807) is 0 Å². The minimum absolute atomic E-state index is 0.0790. The topological polar surface area (TPSA) is 28.7 Å². The predicted molar refractivity (Wildman–Crippen MR) is 40.7 cm³/mol. The molecule has 1 aromatic heterocycles. The highest BCUT2D eigenvalue weighted by atomic mass is 19.2. The van der Waals surface area contributed by atoms with Gasteiger partial charge in [0.25, 0.3) is 0 Å². The van der Waals surface area contributed by atoms with Crippen molar-refractivity contribution in [2.45, 2.75) is 6.92 Å². The number of fused-ring (bicyclic) bond motifs is 1. The smallest absolute Gasteiger partial charge is 0.199 e. The van der Waals surface area contributed by atoms with Gasteiger partial charge in [-0.15, -0.1) is 0 Å². The van der Waals surface area contributed by atoms with Crippen LogP contribution in [-0.2, 0) is 0 Å². The van der Waals surface area contributed by atoms with Gasteiger partial charge in [-0.3, -0.25) is 5.10 Å². The Labute approximate surface area is 75.5 Å². The van der Waals surface area contributed by atoms with E-state index in [-0.39, 0.29) is 11.1 Å². The molecule has 6 heteroatoms. The van der Waals surface area contributed by atoms with Crippen LogP contribution in [0.4, 0.5) is 17.6 Å². The zero-order valence-corrected chi connectivity index (χ0v) is 6.96. The Bertz CT molecular complexity index is 518. The van der Waals surface area contributed by atoms with Gasteiger partial charge in [0.15, 0.2) is 23.3 Å². The van der Waals surface area contributed by atoms with Crippen molar-refractivity contribution in [1.29, 1.82) is 0 Å². The molecule has 0 unspecified atom stereocenters. The lowest BCUT2D eigenvalue weighted by molar-refractivity contribution is 0.417. The van der Waals surface area contributed by atoms with Gasteiger partial charge in [0.05, 0.1) is 11.1 Å². The highest BCUT2D eigenvalue weighted by Gasteiger charge is 2.23. The average molecular weight is 204 g/mol. The number of nitrogens with zero attached hydrogens (tertiary/aromatic N) is 1. The number of aryl methyl sites for hydroxylation is 1. The second-order valence-electron chi connectivity index (χ2n) is 2.81. The SMILES string of the molecule is Cc1n[nH]c2c(F)c(F)c(F)c(F)c12. The molecule has 0 spiro atoms. The Morgan fingerprint density at radius 1 is 0.929 bits per heavy atom. The summed E-state index contributed by atoms with van der Waals surface area (Å²) in [4.78, 5) is 0. The van der Waals surface area contributed by atoms with Crippen molar-refractivity contribution in [3.05, 3.63) is 29.0 Å². The lowest BCUT2D eigenvalue weighted by Crippen LogP contribution is -1.97. The first-order valence-electron chi connectivity index (χ1n) is 3.70. The highest BCUT2D eigenvalue weighted by Crippen LogP contribution is 2.26. The largest absolute Gasteiger partial charge is 0.274 e. The van der Waals surface area contributed by atoms with Crippen LogP contribution >= 0.6 is 0 Å². The zero-order chi connectivity index (χ0) is 10.5. The molecule has 1 N–H and O–H groups in total. The van der Waals surface area contributed by atoms with E-state index in [2.05, 4.69) is 10.2 Å². The standard InChI is InChI=1S/C8H4F4N2/c1-2-3-4(9)5(10)6(11)7(12)8(3)14-13-2/h1H3,(H,13,14). The monoisotopic (exact) mass is 204 g/mol. The van der Waals surface area contributed by atoms with Crippen molar-refractivity contribution in [2.24, 2.45) is 0 Å². The summed E-state index contributed by atoms with van der Waals surface area (Å²) in [6, 6.07) is 0. The third-order valence-corrected chi connectivity index (χ3v) is 1.96. The molecule has 2 aromatic rings. The summed E-state index contributed by atoms with van der Waals surface area (Å²) in [5, 5.41) is 5.19. The van der Waals surface area contributed by atoms with Gasteiger partial charge in [0.1, 0.15) is 5.52 Å². The minimum Gasteiger partial charge on any atom is -0.274 e. The quantitative estimate of drug-likeness (QED) is 0.398. The fraction of sp³-hybridized carbons (Fsp3) is 0.125. The van der Waals surface area contributed by atoms with Crippen LogP contribution in [0.5, 0.6) is 0 Å². The maximum Gasteiger partial charge on any atom is 0.199 e. The van der Waals surface area contributed by atoms with Crippen LogP contribution in [0, 0.1) is 30.2 Å². The first-order valence-corrected chi connectivity index (χ1v) is 3.70.